The summed E-state index contributed by atoms with van der Waals surface area (Å²) in [6.45, 7) is 6.99. The first-order chi connectivity index (χ1) is 6.54. The molecular formula is C11H16O3. The zero-order valence-corrected chi connectivity index (χ0v) is 8.96. The molecule has 0 unspecified atom stereocenters. The minimum Gasteiger partial charge on any atom is -0.504 e. The van der Waals surface area contributed by atoms with Crippen LogP contribution in [0.5, 0.6) is 11.5 Å². The van der Waals surface area contributed by atoms with E-state index < -0.39 is 0 Å². The Morgan fingerprint density at radius 2 is 1.64 bits per heavy atom. The van der Waals surface area contributed by atoms with E-state index in [0.717, 1.165) is 0 Å². The normalized spacial score (nSPS) is 8.86. The van der Waals surface area contributed by atoms with E-state index in [1.54, 1.807) is 13.0 Å². The van der Waals surface area contributed by atoms with Crippen LogP contribution in [0.1, 0.15) is 36.7 Å². The highest BCUT2D eigenvalue weighted by molar-refractivity contribution is 5.97. The van der Waals surface area contributed by atoms with Crippen LogP contribution in [0.4, 0.5) is 0 Å². The Kier molecular flexibility index (Phi) is 4.70. The average Bonchev–Trinajstić information content (AvgIpc) is 2.17. The van der Waals surface area contributed by atoms with Crippen molar-refractivity contribution in [1.82, 2.24) is 0 Å². The third kappa shape index (κ3) is 2.49. The van der Waals surface area contributed by atoms with Gasteiger partial charge in [0.1, 0.15) is 0 Å². The van der Waals surface area contributed by atoms with Crippen LogP contribution >= 0.6 is 0 Å². The summed E-state index contributed by atoms with van der Waals surface area (Å²) in [7, 11) is 0. The van der Waals surface area contributed by atoms with Gasteiger partial charge < -0.3 is 10.2 Å². The minimum absolute atomic E-state index is 0.151. The van der Waals surface area contributed by atoms with E-state index in [0.29, 0.717) is 5.56 Å². The molecule has 78 valence electrons. The SMILES string of the molecule is CC.CC(=O)c1ccc(C)c(O)c1O. The van der Waals surface area contributed by atoms with Gasteiger partial charge >= 0.3 is 0 Å². The number of Topliss-reactive ketones (excluding diaryl/α,β-unsaturated/α-hetero) is 1. The third-order valence-electron chi connectivity index (χ3n) is 1.73. The first kappa shape index (κ1) is 12.5. The molecule has 0 saturated heterocycles. The number of carbonyl (C=O) groups is 1. The van der Waals surface area contributed by atoms with Crippen LogP contribution in [0.2, 0.25) is 0 Å². The molecule has 0 radical (unpaired) electrons. The van der Waals surface area contributed by atoms with E-state index in [2.05, 4.69) is 0 Å². The van der Waals surface area contributed by atoms with Crippen LogP contribution in [0.3, 0.4) is 0 Å². The van der Waals surface area contributed by atoms with Gasteiger partial charge in [0.25, 0.3) is 0 Å². The molecule has 0 saturated carbocycles. The standard InChI is InChI=1S/C9H10O3.C2H6/c1-5-3-4-7(6(2)10)9(12)8(5)11;1-2/h3-4,11-12H,1-2H3;1-2H3. The van der Waals surface area contributed by atoms with Crippen molar-refractivity contribution >= 4 is 5.78 Å². The molecule has 0 fully saturated rings. The van der Waals surface area contributed by atoms with Crippen molar-refractivity contribution in [1.29, 1.82) is 0 Å². The Labute approximate surface area is 84.0 Å². The van der Waals surface area contributed by atoms with Gasteiger partial charge in [0.2, 0.25) is 0 Å². The molecule has 14 heavy (non-hydrogen) atoms. The van der Waals surface area contributed by atoms with Crippen molar-refractivity contribution < 1.29 is 15.0 Å². The molecule has 0 spiro atoms. The first-order valence-corrected chi connectivity index (χ1v) is 4.56. The van der Waals surface area contributed by atoms with Crippen molar-refractivity contribution in [2.45, 2.75) is 27.7 Å². The van der Waals surface area contributed by atoms with Crippen LogP contribution in [-0.2, 0) is 0 Å². The fourth-order valence-corrected chi connectivity index (χ4v) is 0.965. The van der Waals surface area contributed by atoms with Gasteiger partial charge in [-0.05, 0) is 25.5 Å². The number of ketones is 1. The number of carbonyl (C=O) groups excluding carboxylic acids is 1. The van der Waals surface area contributed by atoms with E-state index in [1.807, 2.05) is 13.8 Å². The molecule has 0 amide bonds. The number of phenolic OH excluding ortho intramolecular Hbond substituents is 2. The number of hydrogen-bond acceptors (Lipinski definition) is 3. The summed E-state index contributed by atoms with van der Waals surface area (Å²) in [4.78, 5) is 10.9. The van der Waals surface area contributed by atoms with E-state index >= 15 is 0 Å². The van der Waals surface area contributed by atoms with Crippen LogP contribution in [0.25, 0.3) is 0 Å². The number of aryl methyl sites for hydroxylation is 1. The Hall–Kier alpha value is -1.51. The quantitative estimate of drug-likeness (QED) is 0.536. The van der Waals surface area contributed by atoms with Crippen LogP contribution < -0.4 is 0 Å². The van der Waals surface area contributed by atoms with Gasteiger partial charge in [0, 0.05) is 0 Å². The van der Waals surface area contributed by atoms with E-state index in [-0.39, 0.29) is 22.8 Å². The molecule has 0 bridgehead atoms. The van der Waals surface area contributed by atoms with Gasteiger partial charge in [0.15, 0.2) is 17.3 Å². The predicted octanol–water partition coefficient (Wildman–Crippen LogP) is 2.64. The van der Waals surface area contributed by atoms with Gasteiger partial charge in [-0.3, -0.25) is 4.79 Å². The lowest BCUT2D eigenvalue weighted by Crippen LogP contribution is -1.93. The molecule has 0 atom stereocenters. The molecule has 2 N–H and O–H groups in total. The van der Waals surface area contributed by atoms with E-state index in [4.69, 9.17) is 0 Å². The number of aromatic hydroxyl groups is 2. The fraction of sp³-hybridized carbons (Fsp3) is 0.364. The zero-order valence-electron chi connectivity index (χ0n) is 8.96. The maximum atomic E-state index is 10.9. The van der Waals surface area contributed by atoms with Gasteiger partial charge in [-0.25, -0.2) is 0 Å². The summed E-state index contributed by atoms with van der Waals surface area (Å²) in [5, 5.41) is 18.5. The lowest BCUT2D eigenvalue weighted by atomic mass is 10.1. The van der Waals surface area contributed by atoms with Crippen molar-refractivity contribution in [2.75, 3.05) is 0 Å². The number of phenols is 2. The second kappa shape index (κ2) is 5.27. The largest absolute Gasteiger partial charge is 0.504 e. The second-order valence-corrected chi connectivity index (χ2v) is 2.68. The summed E-state index contributed by atoms with van der Waals surface area (Å²) >= 11 is 0. The van der Waals surface area contributed by atoms with Crippen LogP contribution in [0.15, 0.2) is 12.1 Å². The lowest BCUT2D eigenvalue weighted by molar-refractivity contribution is 0.101. The average molecular weight is 196 g/mol. The van der Waals surface area contributed by atoms with Gasteiger partial charge in [-0.1, -0.05) is 19.9 Å². The summed E-state index contributed by atoms with van der Waals surface area (Å²) in [5.74, 6) is -0.812. The topological polar surface area (TPSA) is 57.5 Å². The Balaban J connectivity index is 0.000000791. The lowest BCUT2D eigenvalue weighted by Gasteiger charge is -2.04. The van der Waals surface area contributed by atoms with Crippen molar-refractivity contribution in [3.63, 3.8) is 0 Å². The van der Waals surface area contributed by atoms with Gasteiger partial charge in [-0.15, -0.1) is 0 Å². The third-order valence-corrected chi connectivity index (χ3v) is 1.73. The van der Waals surface area contributed by atoms with Crippen molar-refractivity contribution in [3.05, 3.63) is 23.3 Å². The molecule has 0 heterocycles. The Morgan fingerprint density at radius 3 is 2.07 bits per heavy atom. The van der Waals surface area contributed by atoms with Crippen LogP contribution in [-0.4, -0.2) is 16.0 Å². The molecular weight excluding hydrogens is 180 g/mol. The molecule has 3 heteroatoms. The van der Waals surface area contributed by atoms with Crippen LogP contribution in [0, 0.1) is 6.92 Å². The minimum atomic E-state index is -0.331. The Morgan fingerprint density at radius 1 is 1.14 bits per heavy atom. The number of benzene rings is 1. The molecule has 0 aliphatic carbocycles. The maximum Gasteiger partial charge on any atom is 0.168 e. The summed E-state index contributed by atoms with van der Waals surface area (Å²) in [6, 6.07) is 3.08. The second-order valence-electron chi connectivity index (χ2n) is 2.68. The summed E-state index contributed by atoms with van der Waals surface area (Å²) in [6.07, 6.45) is 0. The van der Waals surface area contributed by atoms with Crippen molar-refractivity contribution in [3.8, 4) is 11.5 Å². The molecule has 0 aliphatic rings. The fourth-order valence-electron chi connectivity index (χ4n) is 0.965. The number of rotatable bonds is 1. The smallest absolute Gasteiger partial charge is 0.168 e. The molecule has 1 rings (SSSR count). The first-order valence-electron chi connectivity index (χ1n) is 4.56. The maximum absolute atomic E-state index is 10.9. The summed E-state index contributed by atoms with van der Waals surface area (Å²) in [5.41, 5.74) is 0.704. The molecule has 3 nitrogen and oxygen atoms in total. The number of hydrogen-bond donors (Lipinski definition) is 2. The summed E-state index contributed by atoms with van der Waals surface area (Å²) < 4.78 is 0. The highest BCUT2D eigenvalue weighted by Gasteiger charge is 2.11. The van der Waals surface area contributed by atoms with E-state index in [1.165, 1.54) is 13.0 Å². The molecule has 1 aromatic carbocycles. The van der Waals surface area contributed by atoms with E-state index in [9.17, 15) is 15.0 Å². The monoisotopic (exact) mass is 196 g/mol. The van der Waals surface area contributed by atoms with Gasteiger partial charge in [0.05, 0.1) is 5.56 Å². The zero-order chi connectivity index (χ0) is 11.3. The molecule has 1 aromatic rings. The molecule has 0 aliphatic heterocycles. The predicted molar refractivity (Wildman–Crippen MR) is 55.9 cm³/mol. The van der Waals surface area contributed by atoms with Crippen molar-refractivity contribution in [2.24, 2.45) is 0 Å². The van der Waals surface area contributed by atoms with Gasteiger partial charge in [-0.2, -0.15) is 0 Å². The molecule has 0 aromatic heterocycles. The highest BCUT2D eigenvalue weighted by atomic mass is 16.3. The highest BCUT2D eigenvalue weighted by Crippen LogP contribution is 2.31. The Bertz CT molecular complexity index is 330.